The third-order valence-corrected chi connectivity index (χ3v) is 6.90. The van der Waals surface area contributed by atoms with Crippen LogP contribution in [0.3, 0.4) is 0 Å². The molecule has 0 bridgehead atoms. The van der Waals surface area contributed by atoms with Crippen LogP contribution in [0.1, 0.15) is 23.0 Å². The summed E-state index contributed by atoms with van der Waals surface area (Å²) in [6.45, 7) is 0. The summed E-state index contributed by atoms with van der Waals surface area (Å²) in [4.78, 5) is 8.10. The number of alkyl halides is 3. The average molecular weight is 614 g/mol. The molecule has 1 atom stereocenters. The van der Waals surface area contributed by atoms with E-state index in [1.165, 1.54) is 51.9 Å². The number of aromatic nitrogens is 11. The molecule has 11 nitrogen and oxygen atoms in total. The minimum Gasteiger partial charge on any atom is -0.263 e. The summed E-state index contributed by atoms with van der Waals surface area (Å²) < 4.78 is 72.9. The van der Waals surface area contributed by atoms with Crippen LogP contribution in [0.25, 0.3) is 28.1 Å². The quantitative estimate of drug-likeness (QED) is 0.234. The number of halogens is 6. The Morgan fingerprint density at radius 3 is 2.40 bits per heavy atom. The number of hydrogen-bond acceptors (Lipinski definition) is 8. The monoisotopic (exact) mass is 613 g/mol. The second kappa shape index (κ2) is 10.9. The molecule has 0 N–H and O–H groups in total. The normalized spacial score (nSPS) is 12.5. The Kier molecular flexibility index (Phi) is 7.13. The molecule has 0 spiro atoms. The van der Waals surface area contributed by atoms with Crippen molar-refractivity contribution in [1.29, 1.82) is 0 Å². The highest BCUT2D eigenvalue weighted by atomic mass is 35.5. The van der Waals surface area contributed by atoms with Crippen molar-refractivity contribution >= 4 is 11.6 Å². The van der Waals surface area contributed by atoms with E-state index in [9.17, 15) is 17.6 Å². The van der Waals surface area contributed by atoms with Gasteiger partial charge in [0.05, 0.1) is 28.6 Å². The number of tetrazole rings is 1. The lowest BCUT2D eigenvalue weighted by Crippen LogP contribution is -2.16. The highest BCUT2D eigenvalue weighted by Gasteiger charge is 2.32. The first-order valence-electron chi connectivity index (χ1n) is 12.4. The highest BCUT2D eigenvalue weighted by molar-refractivity contribution is 6.31. The minimum absolute atomic E-state index is 0.0936. The maximum atomic E-state index is 15.3. The van der Waals surface area contributed by atoms with Gasteiger partial charge in [0.25, 0.3) is 5.95 Å². The van der Waals surface area contributed by atoms with Gasteiger partial charge in [0.2, 0.25) is 0 Å². The Morgan fingerprint density at radius 2 is 1.77 bits per heavy atom. The smallest absolute Gasteiger partial charge is 0.263 e. The van der Waals surface area contributed by atoms with Gasteiger partial charge in [-0.25, -0.2) is 9.07 Å². The van der Waals surface area contributed by atoms with Crippen molar-refractivity contribution in [2.45, 2.75) is 18.6 Å². The van der Waals surface area contributed by atoms with Crippen molar-refractivity contribution in [2.24, 2.45) is 7.05 Å². The molecule has 5 heterocycles. The Morgan fingerprint density at radius 1 is 0.930 bits per heavy atom. The zero-order valence-corrected chi connectivity index (χ0v) is 22.6. The fraction of sp³-hybridized carbons (Fsp3) is 0.154. The van der Waals surface area contributed by atoms with Gasteiger partial charge in [-0.2, -0.15) is 27.3 Å². The minimum atomic E-state index is -4.59. The molecule has 5 aromatic heterocycles. The zero-order valence-electron chi connectivity index (χ0n) is 21.8. The van der Waals surface area contributed by atoms with Crippen molar-refractivity contribution in [3.8, 4) is 28.1 Å². The highest BCUT2D eigenvalue weighted by Crippen LogP contribution is 2.34. The van der Waals surface area contributed by atoms with E-state index in [0.717, 1.165) is 12.3 Å². The largest absolute Gasteiger partial charge is 0.433 e. The van der Waals surface area contributed by atoms with E-state index >= 15 is 4.39 Å². The van der Waals surface area contributed by atoms with E-state index in [0.29, 0.717) is 28.1 Å². The van der Waals surface area contributed by atoms with E-state index in [1.54, 1.807) is 24.4 Å². The maximum absolute atomic E-state index is 15.3. The molecule has 0 amide bonds. The van der Waals surface area contributed by atoms with Gasteiger partial charge < -0.3 is 0 Å². The lowest BCUT2D eigenvalue weighted by atomic mass is 10.0. The van der Waals surface area contributed by atoms with Crippen LogP contribution < -0.4 is 0 Å². The molecule has 218 valence electrons. The van der Waals surface area contributed by atoms with Crippen LogP contribution in [0.2, 0.25) is 5.02 Å². The number of nitrogens with zero attached hydrogens (tertiary/aromatic N) is 11. The summed E-state index contributed by atoms with van der Waals surface area (Å²) >= 11 is 6.07. The molecule has 17 heteroatoms. The van der Waals surface area contributed by atoms with Gasteiger partial charge in [-0.1, -0.05) is 34.0 Å². The first-order valence-corrected chi connectivity index (χ1v) is 12.8. The third kappa shape index (κ3) is 5.43. The first kappa shape index (κ1) is 28.0. The number of rotatable bonds is 7. The summed E-state index contributed by atoms with van der Waals surface area (Å²) in [6.07, 6.45) is 2.33. The predicted molar refractivity (Wildman–Crippen MR) is 141 cm³/mol. The standard InChI is InChI=1S/C26H17ClF5N11/c1-41-24(25(29)37-39-41)16-11-36-42(12-16)20(8-14-2-7-21(34-9-14)26(30,31)32)18-5-3-15(10-33-18)22-19(43-13-35-38-40-43)6-4-17(27)23(22)28/h2-7,9-13,20H,8H2,1H3/t20-/m0/s1. The molecule has 6 rings (SSSR count). The van der Waals surface area contributed by atoms with Gasteiger partial charge in [-0.05, 0) is 40.3 Å². The van der Waals surface area contributed by atoms with Crippen molar-refractivity contribution in [2.75, 3.05) is 0 Å². The van der Waals surface area contributed by atoms with Gasteiger partial charge in [0, 0.05) is 48.7 Å². The molecule has 0 saturated carbocycles. The Labute approximate surface area is 243 Å². The average Bonchev–Trinajstić information content (AvgIpc) is 3.75. The van der Waals surface area contributed by atoms with E-state index in [2.05, 4.69) is 40.9 Å². The van der Waals surface area contributed by atoms with Gasteiger partial charge in [-0.3, -0.25) is 14.6 Å². The van der Waals surface area contributed by atoms with E-state index in [-0.39, 0.29) is 22.7 Å². The Hall–Kier alpha value is -5.12. The number of pyridine rings is 2. The van der Waals surface area contributed by atoms with Crippen molar-refractivity contribution in [3.05, 3.63) is 101 Å². The van der Waals surface area contributed by atoms with Crippen LogP contribution in [-0.4, -0.2) is 54.9 Å². The predicted octanol–water partition coefficient (Wildman–Crippen LogP) is 4.89. The first-order chi connectivity index (χ1) is 20.6. The van der Waals surface area contributed by atoms with Crippen molar-refractivity contribution in [3.63, 3.8) is 0 Å². The summed E-state index contributed by atoms with van der Waals surface area (Å²) in [5.41, 5.74) is 1.08. The van der Waals surface area contributed by atoms with Crippen LogP contribution in [0.5, 0.6) is 0 Å². The molecule has 0 saturated heterocycles. The van der Waals surface area contributed by atoms with Crippen LogP contribution in [0, 0.1) is 11.8 Å². The SMILES string of the molecule is Cn1nnc(F)c1-c1cnn([C@@H](Cc2ccc(C(F)(F)F)nc2)c2ccc(-c3c(-n4cnnn4)ccc(Cl)c3F)cn2)c1. The molecule has 0 radical (unpaired) electrons. The number of benzene rings is 1. The van der Waals surface area contributed by atoms with Crippen LogP contribution >= 0.6 is 11.6 Å². The van der Waals surface area contributed by atoms with Gasteiger partial charge in [-0.15, -0.1) is 5.10 Å². The number of hydrogen-bond donors (Lipinski definition) is 0. The second-order valence-electron chi connectivity index (χ2n) is 9.31. The second-order valence-corrected chi connectivity index (χ2v) is 9.72. The fourth-order valence-electron chi connectivity index (χ4n) is 4.57. The fourth-order valence-corrected chi connectivity index (χ4v) is 4.72. The zero-order chi connectivity index (χ0) is 30.3. The molecule has 0 aliphatic rings. The lowest BCUT2D eigenvalue weighted by Gasteiger charge is -2.19. The lowest BCUT2D eigenvalue weighted by molar-refractivity contribution is -0.141. The number of aryl methyl sites for hydroxylation is 1. The Balaban J connectivity index is 1.40. The molecule has 0 aliphatic carbocycles. The molecule has 1 aromatic carbocycles. The molecule has 0 fully saturated rings. The summed E-state index contributed by atoms with van der Waals surface area (Å²) in [7, 11) is 1.52. The van der Waals surface area contributed by atoms with Gasteiger partial charge in [0.15, 0.2) is 5.82 Å². The van der Waals surface area contributed by atoms with E-state index in [4.69, 9.17) is 11.6 Å². The van der Waals surface area contributed by atoms with Crippen LogP contribution in [0.4, 0.5) is 22.0 Å². The molecular formula is C26H17ClF5N11. The van der Waals surface area contributed by atoms with Gasteiger partial charge in [0.1, 0.15) is 17.7 Å². The van der Waals surface area contributed by atoms with Crippen molar-refractivity contribution < 1.29 is 22.0 Å². The summed E-state index contributed by atoms with van der Waals surface area (Å²) in [5.74, 6) is -1.50. The molecule has 6 aromatic rings. The van der Waals surface area contributed by atoms with Crippen LogP contribution in [-0.2, 0) is 19.6 Å². The maximum Gasteiger partial charge on any atom is 0.433 e. The molecule has 0 unspecified atom stereocenters. The van der Waals surface area contributed by atoms with Crippen molar-refractivity contribution in [1.82, 2.24) is 54.9 Å². The van der Waals surface area contributed by atoms with Crippen LogP contribution in [0.15, 0.2) is 67.5 Å². The summed E-state index contributed by atoms with van der Waals surface area (Å²) in [6, 6.07) is 7.68. The molecule has 0 aliphatic heterocycles. The third-order valence-electron chi connectivity index (χ3n) is 6.61. The molecular weight excluding hydrogens is 597 g/mol. The molecule has 43 heavy (non-hydrogen) atoms. The Bertz CT molecular complexity index is 1860. The van der Waals surface area contributed by atoms with E-state index in [1.807, 2.05) is 0 Å². The van der Waals surface area contributed by atoms with E-state index < -0.39 is 29.7 Å². The summed E-state index contributed by atoms with van der Waals surface area (Å²) in [5, 5.41) is 22.4. The topological polar surface area (TPSA) is 118 Å². The van der Waals surface area contributed by atoms with Gasteiger partial charge >= 0.3 is 6.18 Å².